The number of amides is 1. The van der Waals surface area contributed by atoms with Gasteiger partial charge in [-0.3, -0.25) is 14.6 Å². The molecule has 3 N–H and O–H groups in total. The van der Waals surface area contributed by atoms with Crippen molar-refractivity contribution in [2.75, 3.05) is 0 Å². The van der Waals surface area contributed by atoms with Gasteiger partial charge >= 0.3 is 5.97 Å². The highest BCUT2D eigenvalue weighted by Crippen LogP contribution is 2.31. The molecule has 20 heavy (non-hydrogen) atoms. The lowest BCUT2D eigenvalue weighted by atomic mass is 9.79. The van der Waals surface area contributed by atoms with Gasteiger partial charge in [0.25, 0.3) is 5.91 Å². The molecule has 0 bridgehead atoms. The van der Waals surface area contributed by atoms with Crippen LogP contribution in [0.4, 0.5) is 0 Å². The average molecular weight is 278 g/mol. The Balaban J connectivity index is 2.15. The summed E-state index contributed by atoms with van der Waals surface area (Å²) in [6, 6.07) is 1.32. The van der Waals surface area contributed by atoms with Crippen molar-refractivity contribution in [2.45, 2.75) is 44.1 Å². The van der Waals surface area contributed by atoms with E-state index in [9.17, 15) is 14.7 Å². The molecule has 0 aliphatic heterocycles. The first-order chi connectivity index (χ1) is 9.51. The fraction of sp³-hybridized carbons (Fsp3) is 0.500. The van der Waals surface area contributed by atoms with Gasteiger partial charge in [-0.1, -0.05) is 19.3 Å². The van der Waals surface area contributed by atoms with E-state index >= 15 is 0 Å². The Morgan fingerprint density at radius 2 is 1.95 bits per heavy atom. The van der Waals surface area contributed by atoms with Crippen molar-refractivity contribution in [3.63, 3.8) is 0 Å². The summed E-state index contributed by atoms with van der Waals surface area (Å²) in [7, 11) is 0. The molecular formula is C14H18N2O4. The Morgan fingerprint density at radius 3 is 2.55 bits per heavy atom. The first-order valence-corrected chi connectivity index (χ1v) is 6.69. The van der Waals surface area contributed by atoms with Crippen LogP contribution in [-0.4, -0.2) is 32.6 Å². The van der Waals surface area contributed by atoms with Gasteiger partial charge in [-0.25, -0.2) is 0 Å². The molecule has 1 saturated carbocycles. The maximum Gasteiger partial charge on any atom is 0.305 e. The van der Waals surface area contributed by atoms with Crippen LogP contribution in [0.1, 0.15) is 48.9 Å². The summed E-state index contributed by atoms with van der Waals surface area (Å²) in [5.74, 6) is -1.40. The summed E-state index contributed by atoms with van der Waals surface area (Å²) >= 11 is 0. The maximum absolute atomic E-state index is 12.2. The molecular weight excluding hydrogens is 260 g/mol. The summed E-state index contributed by atoms with van der Waals surface area (Å²) in [4.78, 5) is 27.0. The number of nitrogens with one attached hydrogen (secondary N) is 1. The van der Waals surface area contributed by atoms with E-state index in [1.165, 1.54) is 18.5 Å². The molecule has 2 rings (SSSR count). The first kappa shape index (κ1) is 14.3. The van der Waals surface area contributed by atoms with Gasteiger partial charge in [0.1, 0.15) is 5.75 Å². The number of aromatic hydroxyl groups is 1. The van der Waals surface area contributed by atoms with Crippen molar-refractivity contribution in [3.05, 3.63) is 24.0 Å². The van der Waals surface area contributed by atoms with Crippen LogP contribution in [0.2, 0.25) is 0 Å². The number of carbonyl (C=O) groups excluding carboxylic acids is 1. The van der Waals surface area contributed by atoms with Gasteiger partial charge in [0.2, 0.25) is 0 Å². The highest BCUT2D eigenvalue weighted by Gasteiger charge is 2.36. The smallest absolute Gasteiger partial charge is 0.305 e. The number of aromatic nitrogens is 1. The minimum Gasteiger partial charge on any atom is -0.506 e. The number of rotatable bonds is 4. The largest absolute Gasteiger partial charge is 0.506 e. The lowest BCUT2D eigenvalue weighted by Crippen LogP contribution is -2.51. The Morgan fingerprint density at radius 1 is 1.25 bits per heavy atom. The third-order valence-electron chi connectivity index (χ3n) is 3.66. The van der Waals surface area contributed by atoms with Gasteiger partial charge in [0, 0.05) is 6.20 Å². The Bertz CT molecular complexity index is 510. The SMILES string of the molecule is O=C(O)CC1(NC(=O)c2cncc(O)c2)CCCCC1. The average Bonchev–Trinajstić information content (AvgIpc) is 2.38. The molecule has 0 unspecified atom stereocenters. The second kappa shape index (κ2) is 5.90. The van der Waals surface area contributed by atoms with Crippen LogP contribution in [0.25, 0.3) is 0 Å². The Labute approximate surface area is 116 Å². The van der Waals surface area contributed by atoms with Gasteiger partial charge in [-0.15, -0.1) is 0 Å². The van der Waals surface area contributed by atoms with Crippen LogP contribution in [-0.2, 0) is 4.79 Å². The van der Waals surface area contributed by atoms with Crippen molar-refractivity contribution < 1.29 is 19.8 Å². The van der Waals surface area contributed by atoms with Crippen LogP contribution in [0.5, 0.6) is 5.75 Å². The Hall–Kier alpha value is -2.11. The molecule has 0 aromatic carbocycles. The lowest BCUT2D eigenvalue weighted by molar-refractivity contribution is -0.139. The third-order valence-corrected chi connectivity index (χ3v) is 3.66. The van der Waals surface area contributed by atoms with Crippen LogP contribution in [0.3, 0.4) is 0 Å². The van der Waals surface area contributed by atoms with Crippen molar-refractivity contribution in [1.82, 2.24) is 10.3 Å². The van der Waals surface area contributed by atoms with E-state index in [-0.39, 0.29) is 17.7 Å². The topological polar surface area (TPSA) is 99.5 Å². The number of hydrogen-bond acceptors (Lipinski definition) is 4. The Kier molecular flexibility index (Phi) is 4.22. The molecule has 0 spiro atoms. The van der Waals surface area contributed by atoms with Gasteiger partial charge in [0.15, 0.2) is 0 Å². The van der Waals surface area contributed by atoms with Gasteiger partial charge in [-0.05, 0) is 18.9 Å². The molecule has 0 radical (unpaired) electrons. The molecule has 1 amide bonds. The molecule has 0 atom stereocenters. The normalized spacial score (nSPS) is 17.4. The molecule has 1 fully saturated rings. The quantitative estimate of drug-likeness (QED) is 0.778. The minimum absolute atomic E-state index is 0.0784. The lowest BCUT2D eigenvalue weighted by Gasteiger charge is -2.37. The zero-order valence-electron chi connectivity index (χ0n) is 11.1. The van der Waals surface area contributed by atoms with Crippen molar-refractivity contribution in [1.29, 1.82) is 0 Å². The standard InChI is InChI=1S/C14H18N2O4/c17-11-6-10(8-15-9-11)13(20)16-14(7-12(18)19)4-2-1-3-5-14/h6,8-9,17H,1-5,7H2,(H,16,20)(H,18,19). The molecule has 1 aromatic rings. The molecule has 1 heterocycles. The van der Waals surface area contributed by atoms with Gasteiger partial charge in [-0.2, -0.15) is 0 Å². The maximum atomic E-state index is 12.2. The molecule has 6 heteroatoms. The molecule has 1 aliphatic rings. The van der Waals surface area contributed by atoms with Gasteiger partial charge < -0.3 is 15.5 Å². The van der Waals surface area contributed by atoms with Crippen molar-refractivity contribution in [3.8, 4) is 5.75 Å². The zero-order chi connectivity index (χ0) is 14.6. The van der Waals surface area contributed by atoms with Crippen LogP contribution < -0.4 is 5.32 Å². The molecule has 0 saturated heterocycles. The number of aliphatic carboxylic acids is 1. The number of pyridine rings is 1. The van der Waals surface area contributed by atoms with E-state index in [1.54, 1.807) is 0 Å². The summed E-state index contributed by atoms with van der Waals surface area (Å²) in [5.41, 5.74) is -0.451. The fourth-order valence-corrected chi connectivity index (χ4v) is 2.73. The van der Waals surface area contributed by atoms with E-state index in [0.717, 1.165) is 19.3 Å². The summed E-state index contributed by atoms with van der Waals surface area (Å²) in [6.45, 7) is 0. The number of carboxylic acid groups (broad SMARTS) is 1. The van der Waals surface area contributed by atoms with Crippen LogP contribution >= 0.6 is 0 Å². The molecule has 108 valence electrons. The highest BCUT2D eigenvalue weighted by atomic mass is 16.4. The number of nitrogens with zero attached hydrogens (tertiary/aromatic N) is 1. The number of carbonyl (C=O) groups is 2. The second-order valence-corrected chi connectivity index (χ2v) is 5.30. The number of carboxylic acids is 1. The van der Waals surface area contributed by atoms with E-state index in [1.807, 2.05) is 0 Å². The predicted molar refractivity (Wildman–Crippen MR) is 71.4 cm³/mol. The van der Waals surface area contributed by atoms with E-state index in [4.69, 9.17) is 5.11 Å². The molecule has 1 aromatic heterocycles. The monoisotopic (exact) mass is 278 g/mol. The second-order valence-electron chi connectivity index (χ2n) is 5.30. The van der Waals surface area contributed by atoms with Crippen LogP contribution in [0, 0.1) is 0 Å². The van der Waals surface area contributed by atoms with E-state index in [0.29, 0.717) is 12.8 Å². The summed E-state index contributed by atoms with van der Waals surface area (Å²) in [6.07, 6.45) is 6.72. The van der Waals surface area contributed by atoms with E-state index in [2.05, 4.69) is 10.3 Å². The summed E-state index contributed by atoms with van der Waals surface area (Å²) < 4.78 is 0. The van der Waals surface area contributed by atoms with E-state index < -0.39 is 17.4 Å². The first-order valence-electron chi connectivity index (χ1n) is 6.69. The number of hydrogen-bond donors (Lipinski definition) is 3. The fourth-order valence-electron chi connectivity index (χ4n) is 2.73. The highest BCUT2D eigenvalue weighted by molar-refractivity contribution is 5.95. The third kappa shape index (κ3) is 3.46. The minimum atomic E-state index is -0.916. The molecule has 1 aliphatic carbocycles. The zero-order valence-corrected chi connectivity index (χ0v) is 11.1. The van der Waals surface area contributed by atoms with Crippen molar-refractivity contribution >= 4 is 11.9 Å². The summed E-state index contributed by atoms with van der Waals surface area (Å²) in [5, 5.41) is 21.2. The van der Waals surface area contributed by atoms with Gasteiger partial charge in [0.05, 0.1) is 23.7 Å². The van der Waals surface area contributed by atoms with Crippen molar-refractivity contribution in [2.24, 2.45) is 0 Å². The van der Waals surface area contributed by atoms with Crippen LogP contribution in [0.15, 0.2) is 18.5 Å². The predicted octanol–water partition coefficient (Wildman–Crippen LogP) is 1.69. The molecule has 6 nitrogen and oxygen atoms in total.